The van der Waals surface area contributed by atoms with E-state index in [0.29, 0.717) is 23.2 Å². The molecule has 0 spiro atoms. The number of ether oxygens (including phenoxy) is 1. The molecule has 112 valence electrons. The largest absolute Gasteiger partial charge is 0.506 e. The number of hydrogen-bond acceptors (Lipinski definition) is 3. The second-order valence-electron chi connectivity index (χ2n) is 4.93. The Labute approximate surface area is 138 Å². The van der Waals surface area contributed by atoms with Crippen molar-refractivity contribution in [1.82, 2.24) is 0 Å². The van der Waals surface area contributed by atoms with Gasteiger partial charge in [0.05, 0.1) is 16.7 Å². The van der Waals surface area contributed by atoms with E-state index < -0.39 is 0 Å². The van der Waals surface area contributed by atoms with Crippen molar-refractivity contribution < 1.29 is 9.84 Å². The van der Waals surface area contributed by atoms with Gasteiger partial charge in [-0.15, -0.1) is 12.4 Å². The van der Waals surface area contributed by atoms with Gasteiger partial charge in [-0.2, -0.15) is 0 Å². The maximum Gasteiger partial charge on any atom is 0.133 e. The fourth-order valence-corrected chi connectivity index (χ4v) is 3.06. The number of fused-ring (bicyclic) bond motifs is 1. The summed E-state index contributed by atoms with van der Waals surface area (Å²) >= 11 is 3.37. The first kappa shape index (κ1) is 16.3. The van der Waals surface area contributed by atoms with Crippen molar-refractivity contribution in [2.75, 3.05) is 6.54 Å². The van der Waals surface area contributed by atoms with Gasteiger partial charge in [0.25, 0.3) is 0 Å². The van der Waals surface area contributed by atoms with Crippen molar-refractivity contribution in [3.05, 3.63) is 63.6 Å². The molecule has 0 saturated carbocycles. The van der Waals surface area contributed by atoms with Crippen LogP contribution >= 0.6 is 28.3 Å². The third-order valence-electron chi connectivity index (χ3n) is 3.72. The van der Waals surface area contributed by atoms with Crippen LogP contribution in [0.5, 0.6) is 5.75 Å². The molecule has 0 radical (unpaired) electrons. The van der Waals surface area contributed by atoms with Crippen LogP contribution in [0.4, 0.5) is 0 Å². The first-order chi connectivity index (χ1) is 9.70. The highest BCUT2D eigenvalue weighted by Gasteiger charge is 2.30. The Morgan fingerprint density at radius 2 is 1.90 bits per heavy atom. The van der Waals surface area contributed by atoms with E-state index in [1.165, 1.54) is 0 Å². The molecule has 3 rings (SSSR count). The Morgan fingerprint density at radius 1 is 1.19 bits per heavy atom. The number of rotatable bonds is 2. The SMILES string of the molecule is Cl.NCC1OC(c2ccccc2)Cc2c1ccc(Br)c2O. The number of hydrogen-bond donors (Lipinski definition) is 2. The smallest absolute Gasteiger partial charge is 0.133 e. The van der Waals surface area contributed by atoms with Gasteiger partial charge in [0.2, 0.25) is 0 Å². The molecule has 21 heavy (non-hydrogen) atoms. The number of phenols is 1. The van der Waals surface area contributed by atoms with Gasteiger partial charge in [0, 0.05) is 18.5 Å². The highest BCUT2D eigenvalue weighted by atomic mass is 79.9. The lowest BCUT2D eigenvalue weighted by molar-refractivity contribution is -0.0230. The minimum Gasteiger partial charge on any atom is -0.506 e. The lowest BCUT2D eigenvalue weighted by Crippen LogP contribution is -2.25. The van der Waals surface area contributed by atoms with Gasteiger partial charge in [0.15, 0.2) is 0 Å². The molecule has 5 heteroatoms. The Balaban J connectivity index is 0.00000161. The van der Waals surface area contributed by atoms with E-state index >= 15 is 0 Å². The molecule has 2 aromatic rings. The van der Waals surface area contributed by atoms with Crippen LogP contribution in [-0.2, 0) is 11.2 Å². The number of phenolic OH excluding ortho intramolecular Hbond substituents is 1. The summed E-state index contributed by atoms with van der Waals surface area (Å²) in [5, 5.41) is 10.3. The summed E-state index contributed by atoms with van der Waals surface area (Å²) in [6.45, 7) is 0.400. The minimum absolute atomic E-state index is 0. The van der Waals surface area contributed by atoms with Crippen LogP contribution in [0.25, 0.3) is 0 Å². The van der Waals surface area contributed by atoms with E-state index in [9.17, 15) is 5.11 Å². The van der Waals surface area contributed by atoms with E-state index in [-0.39, 0.29) is 24.6 Å². The molecule has 1 aliphatic heterocycles. The molecule has 3 N–H and O–H groups in total. The molecule has 0 fully saturated rings. The molecular formula is C16H17BrClNO2. The maximum absolute atomic E-state index is 10.3. The first-order valence-corrected chi connectivity index (χ1v) is 7.40. The Morgan fingerprint density at radius 3 is 2.57 bits per heavy atom. The monoisotopic (exact) mass is 369 g/mol. The van der Waals surface area contributed by atoms with Gasteiger partial charge < -0.3 is 15.6 Å². The standard InChI is InChI=1S/C16H16BrNO2.ClH/c17-13-7-6-11-12(16(13)19)8-14(20-15(11)9-18)10-4-2-1-3-5-10;/h1-7,14-15,19H,8-9,18H2;1H. The molecule has 0 saturated heterocycles. The van der Waals surface area contributed by atoms with Crippen molar-refractivity contribution in [1.29, 1.82) is 0 Å². The minimum atomic E-state index is -0.178. The van der Waals surface area contributed by atoms with Crippen molar-refractivity contribution in [3.63, 3.8) is 0 Å². The molecule has 0 aliphatic carbocycles. The molecule has 0 aromatic heterocycles. The average Bonchev–Trinajstić information content (AvgIpc) is 2.51. The van der Waals surface area contributed by atoms with Gasteiger partial charge in [-0.1, -0.05) is 36.4 Å². The van der Waals surface area contributed by atoms with Gasteiger partial charge in [0.1, 0.15) is 5.75 Å². The number of aromatic hydroxyl groups is 1. The van der Waals surface area contributed by atoms with E-state index in [2.05, 4.69) is 15.9 Å². The van der Waals surface area contributed by atoms with Crippen LogP contribution < -0.4 is 5.73 Å². The molecule has 2 aromatic carbocycles. The number of halogens is 2. The lowest BCUT2D eigenvalue weighted by Gasteiger charge is -2.32. The Bertz CT molecular complexity index is 621. The summed E-state index contributed by atoms with van der Waals surface area (Å²) in [6, 6.07) is 13.9. The molecule has 2 unspecified atom stereocenters. The fourth-order valence-electron chi connectivity index (χ4n) is 2.69. The summed E-state index contributed by atoms with van der Waals surface area (Å²) in [6.07, 6.45) is 0.404. The van der Waals surface area contributed by atoms with E-state index in [1.54, 1.807) is 0 Å². The highest BCUT2D eigenvalue weighted by molar-refractivity contribution is 9.10. The molecular weight excluding hydrogens is 354 g/mol. The first-order valence-electron chi connectivity index (χ1n) is 6.61. The summed E-state index contributed by atoms with van der Waals surface area (Å²) in [5.41, 5.74) is 8.85. The normalized spacial score (nSPS) is 20.5. The second-order valence-corrected chi connectivity index (χ2v) is 5.78. The van der Waals surface area contributed by atoms with Gasteiger partial charge >= 0.3 is 0 Å². The highest BCUT2D eigenvalue weighted by Crippen LogP contribution is 2.43. The van der Waals surface area contributed by atoms with Crippen LogP contribution in [0.1, 0.15) is 28.9 Å². The Hall–Kier alpha value is -1.07. The van der Waals surface area contributed by atoms with E-state index in [0.717, 1.165) is 16.7 Å². The van der Waals surface area contributed by atoms with Gasteiger partial charge in [-0.05, 0) is 33.1 Å². The predicted octanol–water partition coefficient (Wildman–Crippen LogP) is 3.89. The number of nitrogens with two attached hydrogens (primary N) is 1. The van der Waals surface area contributed by atoms with E-state index in [4.69, 9.17) is 10.5 Å². The Kier molecular flexibility index (Phi) is 5.27. The summed E-state index contributed by atoms with van der Waals surface area (Å²) in [5.74, 6) is 0.296. The zero-order valence-corrected chi connectivity index (χ0v) is 13.7. The van der Waals surface area contributed by atoms with E-state index in [1.807, 2.05) is 42.5 Å². The van der Waals surface area contributed by atoms with Crippen molar-refractivity contribution >= 4 is 28.3 Å². The summed E-state index contributed by atoms with van der Waals surface area (Å²) in [7, 11) is 0. The molecule has 3 nitrogen and oxygen atoms in total. The van der Waals surface area contributed by atoms with Crippen LogP contribution in [0.3, 0.4) is 0 Å². The molecule has 1 heterocycles. The summed E-state index contributed by atoms with van der Waals surface area (Å²) < 4.78 is 6.80. The fraction of sp³-hybridized carbons (Fsp3) is 0.250. The summed E-state index contributed by atoms with van der Waals surface area (Å²) in [4.78, 5) is 0. The van der Waals surface area contributed by atoms with Crippen molar-refractivity contribution in [2.45, 2.75) is 18.6 Å². The molecule has 0 bridgehead atoms. The molecule has 2 atom stereocenters. The quantitative estimate of drug-likeness (QED) is 0.843. The van der Waals surface area contributed by atoms with Gasteiger partial charge in [-0.25, -0.2) is 0 Å². The lowest BCUT2D eigenvalue weighted by atomic mass is 9.90. The average molecular weight is 371 g/mol. The predicted molar refractivity (Wildman–Crippen MR) is 88.8 cm³/mol. The van der Waals surface area contributed by atoms with Crippen molar-refractivity contribution in [2.24, 2.45) is 5.73 Å². The zero-order valence-electron chi connectivity index (χ0n) is 11.3. The topological polar surface area (TPSA) is 55.5 Å². The maximum atomic E-state index is 10.3. The van der Waals surface area contributed by atoms with Crippen LogP contribution in [-0.4, -0.2) is 11.7 Å². The third-order valence-corrected chi connectivity index (χ3v) is 4.36. The van der Waals surface area contributed by atoms with Crippen LogP contribution in [0.2, 0.25) is 0 Å². The number of benzene rings is 2. The molecule has 0 amide bonds. The van der Waals surface area contributed by atoms with Gasteiger partial charge in [-0.3, -0.25) is 0 Å². The van der Waals surface area contributed by atoms with Crippen LogP contribution in [0.15, 0.2) is 46.9 Å². The second kappa shape index (κ2) is 6.79. The zero-order chi connectivity index (χ0) is 14.1. The van der Waals surface area contributed by atoms with Crippen LogP contribution in [0, 0.1) is 0 Å². The molecule has 1 aliphatic rings. The van der Waals surface area contributed by atoms with Crippen molar-refractivity contribution in [3.8, 4) is 5.75 Å². The third kappa shape index (κ3) is 3.09.